The number of sulfonamides is 1. The molecule has 1 aromatic rings. The smallest absolute Gasteiger partial charge is 0.244 e. The first-order valence-electron chi connectivity index (χ1n) is 6.48. The van der Waals surface area contributed by atoms with Gasteiger partial charge in [0.2, 0.25) is 10.0 Å². The molecule has 0 saturated carbocycles. The van der Waals surface area contributed by atoms with E-state index in [1.807, 2.05) is 19.9 Å². The van der Waals surface area contributed by atoms with Crippen LogP contribution in [-0.4, -0.2) is 25.8 Å². The molecule has 0 bridgehead atoms. The first-order valence-corrected chi connectivity index (χ1v) is 8.71. The van der Waals surface area contributed by atoms with Crippen molar-refractivity contribution in [3.63, 3.8) is 0 Å². The number of benzene rings is 1. The number of nitrogens with zero attached hydrogens (tertiary/aromatic N) is 1. The molecule has 0 aliphatic heterocycles. The number of rotatable bonds is 7. The zero-order chi connectivity index (χ0) is 15.3. The van der Waals surface area contributed by atoms with Crippen molar-refractivity contribution in [1.29, 1.82) is 0 Å². The van der Waals surface area contributed by atoms with Gasteiger partial charge in [-0.1, -0.05) is 19.1 Å². The molecule has 1 rings (SSSR count). The molecule has 0 atom stereocenters. The molecule has 0 spiro atoms. The molecule has 4 nitrogen and oxygen atoms in total. The van der Waals surface area contributed by atoms with Gasteiger partial charge in [0.25, 0.3) is 0 Å². The quantitative estimate of drug-likeness (QED) is 0.760. The van der Waals surface area contributed by atoms with E-state index >= 15 is 0 Å². The maximum atomic E-state index is 12.8. The van der Waals surface area contributed by atoms with Gasteiger partial charge in [-0.25, -0.2) is 8.42 Å². The second-order valence-corrected chi connectivity index (χ2v) is 7.28. The van der Waals surface area contributed by atoms with Crippen molar-refractivity contribution < 1.29 is 8.42 Å². The molecular formula is C14H21BrN2O2S. The summed E-state index contributed by atoms with van der Waals surface area (Å²) in [5.41, 5.74) is 7.30. The van der Waals surface area contributed by atoms with Gasteiger partial charge in [-0.2, -0.15) is 4.31 Å². The molecule has 6 heteroatoms. The van der Waals surface area contributed by atoms with E-state index in [4.69, 9.17) is 5.73 Å². The Morgan fingerprint density at radius 2 is 2.10 bits per heavy atom. The minimum atomic E-state index is -3.55. The summed E-state index contributed by atoms with van der Waals surface area (Å²) < 4.78 is 27.5. The summed E-state index contributed by atoms with van der Waals surface area (Å²) >= 11 is 3.38. The van der Waals surface area contributed by atoms with Gasteiger partial charge in [0, 0.05) is 24.1 Å². The largest absolute Gasteiger partial charge is 0.326 e. The van der Waals surface area contributed by atoms with Gasteiger partial charge in [-0.15, -0.1) is 6.58 Å². The fourth-order valence-electron chi connectivity index (χ4n) is 1.96. The normalized spacial score (nSPS) is 11.8. The highest BCUT2D eigenvalue weighted by atomic mass is 79.9. The Morgan fingerprint density at radius 1 is 1.45 bits per heavy atom. The Kier molecular flexibility index (Phi) is 6.39. The molecule has 0 unspecified atom stereocenters. The van der Waals surface area contributed by atoms with Crippen molar-refractivity contribution in [1.82, 2.24) is 4.31 Å². The fraction of sp³-hybridized carbons (Fsp3) is 0.429. The summed E-state index contributed by atoms with van der Waals surface area (Å²) in [5, 5.41) is 0. The summed E-state index contributed by atoms with van der Waals surface area (Å²) in [7, 11) is -3.55. The molecule has 2 N–H and O–H groups in total. The van der Waals surface area contributed by atoms with Crippen LogP contribution in [0.1, 0.15) is 24.5 Å². The van der Waals surface area contributed by atoms with Crippen LogP contribution in [0.3, 0.4) is 0 Å². The Morgan fingerprint density at radius 3 is 2.60 bits per heavy atom. The Hall–Kier alpha value is -0.690. The Balaban J connectivity index is 3.39. The molecule has 0 fully saturated rings. The van der Waals surface area contributed by atoms with Crippen LogP contribution >= 0.6 is 15.9 Å². The predicted molar refractivity (Wildman–Crippen MR) is 86.0 cm³/mol. The van der Waals surface area contributed by atoms with Crippen molar-refractivity contribution in [2.24, 2.45) is 5.73 Å². The standard InChI is InChI=1S/C14H21BrN2O2S/c1-4-6-17(7-5-2)20(18,19)13-9-12(10-16)8-11(3)14(13)15/h4,8-9H,1,5-7,10,16H2,2-3H3. The highest BCUT2D eigenvalue weighted by Crippen LogP contribution is 2.29. The number of halogens is 1. The first-order chi connectivity index (χ1) is 9.38. The average Bonchev–Trinajstić information content (AvgIpc) is 2.41. The van der Waals surface area contributed by atoms with Crippen LogP contribution in [0.5, 0.6) is 0 Å². The lowest BCUT2D eigenvalue weighted by molar-refractivity contribution is 0.441. The molecule has 0 aliphatic rings. The Bertz CT molecular complexity index is 585. The van der Waals surface area contributed by atoms with Crippen molar-refractivity contribution in [2.75, 3.05) is 13.1 Å². The zero-order valence-corrected chi connectivity index (χ0v) is 14.3. The maximum Gasteiger partial charge on any atom is 0.244 e. The third-order valence-corrected chi connectivity index (χ3v) is 6.14. The van der Waals surface area contributed by atoms with E-state index in [0.29, 0.717) is 24.1 Å². The van der Waals surface area contributed by atoms with Crippen LogP contribution in [0.25, 0.3) is 0 Å². The topological polar surface area (TPSA) is 63.4 Å². The van der Waals surface area contributed by atoms with Crippen molar-refractivity contribution in [2.45, 2.75) is 31.7 Å². The van der Waals surface area contributed by atoms with Crippen molar-refractivity contribution in [3.05, 3.63) is 40.4 Å². The highest BCUT2D eigenvalue weighted by Gasteiger charge is 2.26. The minimum absolute atomic E-state index is 0.272. The van der Waals surface area contributed by atoms with E-state index in [1.165, 1.54) is 4.31 Å². The lowest BCUT2D eigenvalue weighted by Gasteiger charge is -2.21. The molecule has 20 heavy (non-hydrogen) atoms. The van der Waals surface area contributed by atoms with E-state index < -0.39 is 10.0 Å². The van der Waals surface area contributed by atoms with E-state index in [9.17, 15) is 8.42 Å². The molecule has 0 saturated heterocycles. The molecule has 112 valence electrons. The zero-order valence-electron chi connectivity index (χ0n) is 11.9. The summed E-state index contributed by atoms with van der Waals surface area (Å²) in [6, 6.07) is 3.53. The second-order valence-electron chi connectivity index (χ2n) is 4.58. The van der Waals surface area contributed by atoms with Gasteiger partial charge in [-0.3, -0.25) is 0 Å². The molecular weight excluding hydrogens is 340 g/mol. The lowest BCUT2D eigenvalue weighted by atomic mass is 10.1. The monoisotopic (exact) mass is 360 g/mol. The van der Waals surface area contributed by atoms with Gasteiger partial charge in [0.15, 0.2) is 0 Å². The molecule has 0 heterocycles. The first kappa shape index (κ1) is 17.4. The maximum absolute atomic E-state index is 12.8. The lowest BCUT2D eigenvalue weighted by Crippen LogP contribution is -2.32. The highest BCUT2D eigenvalue weighted by molar-refractivity contribution is 9.10. The number of aryl methyl sites for hydroxylation is 1. The van der Waals surface area contributed by atoms with Gasteiger partial charge < -0.3 is 5.73 Å². The SMILES string of the molecule is C=CCN(CCC)S(=O)(=O)c1cc(CN)cc(C)c1Br. The third-order valence-electron chi connectivity index (χ3n) is 2.94. The summed E-state index contributed by atoms with van der Waals surface area (Å²) in [4.78, 5) is 0.272. The van der Waals surface area contributed by atoms with Crippen LogP contribution in [0.2, 0.25) is 0 Å². The fourth-order valence-corrected chi connectivity index (χ4v) is 4.49. The van der Waals surface area contributed by atoms with Crippen molar-refractivity contribution >= 4 is 26.0 Å². The van der Waals surface area contributed by atoms with Crippen LogP contribution in [0.4, 0.5) is 0 Å². The van der Waals surface area contributed by atoms with E-state index in [2.05, 4.69) is 22.5 Å². The van der Waals surface area contributed by atoms with Gasteiger partial charge >= 0.3 is 0 Å². The number of hydrogen-bond donors (Lipinski definition) is 1. The average molecular weight is 361 g/mol. The molecule has 0 aromatic heterocycles. The second kappa shape index (κ2) is 7.36. The van der Waals surface area contributed by atoms with Crippen LogP contribution < -0.4 is 5.73 Å². The molecule has 0 aliphatic carbocycles. The Labute approximate surface area is 129 Å². The summed E-state index contributed by atoms with van der Waals surface area (Å²) in [6.45, 7) is 8.51. The molecule has 1 aromatic carbocycles. The van der Waals surface area contributed by atoms with Gasteiger partial charge in [0.05, 0.1) is 4.90 Å². The summed E-state index contributed by atoms with van der Waals surface area (Å²) in [5.74, 6) is 0. The van der Waals surface area contributed by atoms with E-state index in [-0.39, 0.29) is 4.90 Å². The third kappa shape index (κ3) is 3.69. The van der Waals surface area contributed by atoms with Crippen LogP contribution in [0, 0.1) is 6.92 Å². The summed E-state index contributed by atoms with van der Waals surface area (Å²) in [6.07, 6.45) is 2.35. The van der Waals surface area contributed by atoms with E-state index in [1.54, 1.807) is 12.1 Å². The van der Waals surface area contributed by atoms with Gasteiger partial charge in [0.1, 0.15) is 0 Å². The number of hydrogen-bond acceptors (Lipinski definition) is 3. The van der Waals surface area contributed by atoms with Crippen LogP contribution in [0.15, 0.2) is 34.2 Å². The molecule has 0 radical (unpaired) electrons. The number of nitrogens with two attached hydrogens (primary N) is 1. The van der Waals surface area contributed by atoms with Crippen LogP contribution in [-0.2, 0) is 16.6 Å². The van der Waals surface area contributed by atoms with Crippen molar-refractivity contribution in [3.8, 4) is 0 Å². The van der Waals surface area contributed by atoms with Gasteiger partial charge in [-0.05, 0) is 46.5 Å². The van der Waals surface area contributed by atoms with E-state index in [0.717, 1.165) is 17.5 Å². The minimum Gasteiger partial charge on any atom is -0.326 e. The molecule has 0 amide bonds. The predicted octanol–water partition coefficient (Wildman–Crippen LogP) is 2.80.